The molecule has 2 aromatic rings. The van der Waals surface area contributed by atoms with Crippen LogP contribution >= 0.6 is 15.9 Å². The van der Waals surface area contributed by atoms with E-state index in [0.29, 0.717) is 49.8 Å². The van der Waals surface area contributed by atoms with Gasteiger partial charge in [0.2, 0.25) is 5.91 Å². The minimum absolute atomic E-state index is 0.0652. The molecule has 0 aromatic heterocycles. The number of carbonyl (C=O) groups is 2. The second kappa shape index (κ2) is 9.76. The summed E-state index contributed by atoms with van der Waals surface area (Å²) >= 11 is 3.37. The Hall–Kier alpha value is -2.58. The van der Waals surface area contributed by atoms with Gasteiger partial charge in [-0.3, -0.25) is 14.5 Å². The number of halogens is 1. The van der Waals surface area contributed by atoms with Crippen molar-refractivity contribution in [1.29, 1.82) is 0 Å². The van der Waals surface area contributed by atoms with Crippen LogP contribution in [-0.2, 0) is 4.79 Å². The zero-order valence-corrected chi connectivity index (χ0v) is 18.1. The highest BCUT2D eigenvalue weighted by Crippen LogP contribution is 2.24. The molecule has 1 heterocycles. The van der Waals surface area contributed by atoms with Gasteiger partial charge in [0, 0.05) is 48.0 Å². The number of methoxy groups -OCH3 is 2. The van der Waals surface area contributed by atoms with Crippen molar-refractivity contribution in [3.05, 3.63) is 52.5 Å². The van der Waals surface area contributed by atoms with Crippen molar-refractivity contribution in [3.8, 4) is 11.5 Å². The summed E-state index contributed by atoms with van der Waals surface area (Å²) in [6.45, 7) is 2.69. The van der Waals surface area contributed by atoms with Gasteiger partial charge in [0.15, 0.2) is 0 Å². The van der Waals surface area contributed by atoms with Crippen LogP contribution in [0.5, 0.6) is 11.5 Å². The molecule has 1 N–H and O–H groups in total. The van der Waals surface area contributed by atoms with Crippen molar-refractivity contribution in [2.24, 2.45) is 0 Å². The maximum absolute atomic E-state index is 12.8. The first-order chi connectivity index (χ1) is 14.0. The zero-order valence-electron chi connectivity index (χ0n) is 16.5. The summed E-state index contributed by atoms with van der Waals surface area (Å²) < 4.78 is 11.5. The van der Waals surface area contributed by atoms with Gasteiger partial charge in [-0.1, -0.05) is 15.9 Å². The molecule has 0 spiro atoms. The van der Waals surface area contributed by atoms with Crippen LogP contribution in [0.4, 0.5) is 5.69 Å². The first-order valence-electron chi connectivity index (χ1n) is 9.28. The number of amides is 2. The van der Waals surface area contributed by atoms with E-state index in [1.54, 1.807) is 37.3 Å². The van der Waals surface area contributed by atoms with Gasteiger partial charge in [0.05, 0.1) is 20.8 Å². The second-order valence-electron chi connectivity index (χ2n) is 6.72. The van der Waals surface area contributed by atoms with Crippen molar-refractivity contribution in [1.82, 2.24) is 9.80 Å². The quantitative estimate of drug-likeness (QED) is 0.715. The van der Waals surface area contributed by atoms with Crippen LogP contribution in [-0.4, -0.2) is 68.6 Å². The lowest BCUT2D eigenvalue weighted by atomic mass is 10.1. The average molecular weight is 462 g/mol. The van der Waals surface area contributed by atoms with Gasteiger partial charge in [-0.05, 0) is 36.4 Å². The van der Waals surface area contributed by atoms with Gasteiger partial charge < -0.3 is 19.7 Å². The van der Waals surface area contributed by atoms with Gasteiger partial charge in [-0.25, -0.2) is 0 Å². The Morgan fingerprint density at radius 1 is 0.966 bits per heavy atom. The fourth-order valence-corrected chi connectivity index (χ4v) is 3.42. The number of nitrogens with one attached hydrogen (secondary N) is 1. The lowest BCUT2D eigenvalue weighted by Crippen LogP contribution is -2.50. The monoisotopic (exact) mass is 461 g/mol. The van der Waals surface area contributed by atoms with E-state index < -0.39 is 0 Å². The highest BCUT2D eigenvalue weighted by Gasteiger charge is 2.24. The molecular weight excluding hydrogens is 438 g/mol. The first-order valence-corrected chi connectivity index (χ1v) is 10.1. The van der Waals surface area contributed by atoms with Gasteiger partial charge in [0.1, 0.15) is 11.5 Å². The molecule has 0 bridgehead atoms. The molecule has 3 rings (SSSR count). The number of nitrogens with zero attached hydrogens (tertiary/aromatic N) is 2. The third-order valence-electron chi connectivity index (χ3n) is 4.75. The minimum Gasteiger partial charge on any atom is -0.497 e. The van der Waals surface area contributed by atoms with E-state index >= 15 is 0 Å². The lowest BCUT2D eigenvalue weighted by molar-refractivity contribution is -0.117. The molecule has 29 heavy (non-hydrogen) atoms. The van der Waals surface area contributed by atoms with Crippen LogP contribution in [0.3, 0.4) is 0 Å². The summed E-state index contributed by atoms with van der Waals surface area (Å²) in [6, 6.07) is 12.6. The van der Waals surface area contributed by atoms with Gasteiger partial charge in [-0.2, -0.15) is 0 Å². The normalized spacial score (nSPS) is 14.4. The van der Waals surface area contributed by atoms with Gasteiger partial charge in [-0.15, -0.1) is 0 Å². The molecule has 154 valence electrons. The molecule has 7 nitrogen and oxygen atoms in total. The number of carbonyl (C=O) groups excluding carboxylic acids is 2. The standard InChI is InChI=1S/C21H24BrN3O4/c1-28-18-11-15(12-19(13-18)29-2)21(27)25-9-7-24(8-10-25)14-20(26)23-17-5-3-16(22)4-6-17/h3-6,11-13H,7-10,14H2,1-2H3,(H,23,26). The predicted molar refractivity (Wildman–Crippen MR) is 115 cm³/mol. The Balaban J connectivity index is 1.52. The molecule has 0 aliphatic carbocycles. The Morgan fingerprint density at radius 3 is 2.10 bits per heavy atom. The van der Waals surface area contributed by atoms with Crippen molar-refractivity contribution >= 4 is 33.4 Å². The van der Waals surface area contributed by atoms with Crippen molar-refractivity contribution in [3.63, 3.8) is 0 Å². The summed E-state index contributed by atoms with van der Waals surface area (Å²) in [5, 5.41) is 2.89. The number of hydrogen-bond donors (Lipinski definition) is 1. The van der Waals surface area contributed by atoms with Crippen LogP contribution in [0.15, 0.2) is 46.9 Å². The Morgan fingerprint density at radius 2 is 1.55 bits per heavy atom. The first kappa shape index (κ1) is 21.1. The van der Waals surface area contributed by atoms with E-state index in [0.717, 1.165) is 10.2 Å². The topological polar surface area (TPSA) is 71.1 Å². The lowest BCUT2D eigenvalue weighted by Gasteiger charge is -2.34. The maximum Gasteiger partial charge on any atom is 0.254 e. The third-order valence-corrected chi connectivity index (χ3v) is 5.28. The Kier molecular flexibility index (Phi) is 7.11. The van der Waals surface area contributed by atoms with E-state index in [-0.39, 0.29) is 11.8 Å². The smallest absolute Gasteiger partial charge is 0.254 e. The zero-order chi connectivity index (χ0) is 20.8. The highest BCUT2D eigenvalue weighted by atomic mass is 79.9. The van der Waals surface area contributed by atoms with Crippen LogP contribution in [0.2, 0.25) is 0 Å². The van der Waals surface area contributed by atoms with Crippen molar-refractivity contribution in [2.75, 3.05) is 52.3 Å². The SMILES string of the molecule is COc1cc(OC)cc(C(=O)N2CCN(CC(=O)Nc3ccc(Br)cc3)CC2)c1. The molecule has 0 saturated carbocycles. The summed E-state index contributed by atoms with van der Waals surface area (Å²) in [5.41, 5.74) is 1.29. The van der Waals surface area contributed by atoms with Crippen LogP contribution in [0.1, 0.15) is 10.4 Å². The Labute approximate surface area is 178 Å². The molecule has 2 aromatic carbocycles. The van der Waals surface area contributed by atoms with Crippen LogP contribution in [0.25, 0.3) is 0 Å². The van der Waals surface area contributed by atoms with Gasteiger partial charge >= 0.3 is 0 Å². The molecule has 8 heteroatoms. The largest absolute Gasteiger partial charge is 0.497 e. The van der Waals surface area contributed by atoms with E-state index in [2.05, 4.69) is 21.2 Å². The number of benzene rings is 2. The predicted octanol–water partition coefficient (Wildman–Crippen LogP) is 2.86. The fourth-order valence-electron chi connectivity index (χ4n) is 3.16. The van der Waals surface area contributed by atoms with E-state index in [1.165, 1.54) is 0 Å². The summed E-state index contributed by atoms with van der Waals surface area (Å²) in [5.74, 6) is 1.03. The third kappa shape index (κ3) is 5.71. The second-order valence-corrected chi connectivity index (χ2v) is 7.64. The molecule has 1 saturated heterocycles. The number of anilines is 1. The Bertz CT molecular complexity index is 842. The average Bonchev–Trinajstić information content (AvgIpc) is 2.75. The molecule has 2 amide bonds. The van der Waals surface area contributed by atoms with Crippen LogP contribution in [0, 0.1) is 0 Å². The van der Waals surface area contributed by atoms with Gasteiger partial charge in [0.25, 0.3) is 5.91 Å². The molecule has 0 unspecified atom stereocenters. The van der Waals surface area contributed by atoms with Crippen molar-refractivity contribution < 1.29 is 19.1 Å². The van der Waals surface area contributed by atoms with E-state index in [9.17, 15) is 9.59 Å². The molecule has 0 atom stereocenters. The summed E-state index contributed by atoms with van der Waals surface area (Å²) in [4.78, 5) is 29.0. The number of rotatable bonds is 6. The fraction of sp³-hybridized carbons (Fsp3) is 0.333. The number of piperazine rings is 1. The summed E-state index contributed by atoms with van der Waals surface area (Å²) in [6.07, 6.45) is 0. The summed E-state index contributed by atoms with van der Waals surface area (Å²) in [7, 11) is 3.11. The number of hydrogen-bond acceptors (Lipinski definition) is 5. The molecule has 1 aliphatic rings. The van der Waals surface area contributed by atoms with E-state index in [4.69, 9.17) is 9.47 Å². The maximum atomic E-state index is 12.8. The van der Waals surface area contributed by atoms with E-state index in [1.807, 2.05) is 29.2 Å². The van der Waals surface area contributed by atoms with Crippen molar-refractivity contribution in [2.45, 2.75) is 0 Å². The molecule has 1 aliphatic heterocycles. The minimum atomic E-state index is -0.0684. The van der Waals surface area contributed by atoms with Crippen LogP contribution < -0.4 is 14.8 Å². The number of ether oxygens (including phenoxy) is 2. The molecular formula is C21H24BrN3O4. The highest BCUT2D eigenvalue weighted by molar-refractivity contribution is 9.10. The molecule has 1 fully saturated rings. The molecule has 0 radical (unpaired) electrons.